The van der Waals surface area contributed by atoms with Gasteiger partial charge in [0, 0.05) is 5.39 Å². The summed E-state index contributed by atoms with van der Waals surface area (Å²) in [6.07, 6.45) is 0. The van der Waals surface area contributed by atoms with E-state index in [9.17, 15) is 19.2 Å². The number of thiophene rings is 1. The molecule has 0 N–H and O–H groups in total. The van der Waals surface area contributed by atoms with Crippen LogP contribution in [0.4, 0.5) is 0 Å². The lowest BCUT2D eigenvalue weighted by Gasteiger charge is -2.09. The van der Waals surface area contributed by atoms with Crippen LogP contribution in [-0.2, 0) is 18.9 Å². The van der Waals surface area contributed by atoms with E-state index in [2.05, 4.69) is 0 Å². The molecule has 2 heterocycles. The Hall–Kier alpha value is -2.37. The summed E-state index contributed by atoms with van der Waals surface area (Å²) >= 11 is 6.96. The lowest BCUT2D eigenvalue weighted by Crippen LogP contribution is -2.14. The Morgan fingerprint density at radius 1 is 0.692 bits per heavy atom. The molecular weight excluding hydrogens is 404 g/mol. The zero-order valence-corrected chi connectivity index (χ0v) is 16.4. The second-order valence-electron chi connectivity index (χ2n) is 4.57. The summed E-state index contributed by atoms with van der Waals surface area (Å²) < 4.78 is 19.3. The number of methoxy groups -OCH3 is 4. The van der Waals surface area contributed by atoms with Gasteiger partial charge in [-0.1, -0.05) is 12.2 Å². The van der Waals surface area contributed by atoms with Gasteiger partial charge in [0.25, 0.3) is 0 Å². The standard InChI is InChI=1S/C15H12O8S3/c1-20-11(16)6-5-7(12(17)21-2)9(14(19)23-4)26-15(24)10(5)25-8(6)13(18)22-3/h1-4H3. The maximum Gasteiger partial charge on any atom is 0.349 e. The maximum absolute atomic E-state index is 12.4. The van der Waals surface area contributed by atoms with Gasteiger partial charge in [-0.15, -0.1) is 22.7 Å². The number of esters is 4. The summed E-state index contributed by atoms with van der Waals surface area (Å²) in [4.78, 5) is 48.7. The van der Waals surface area contributed by atoms with E-state index in [0.717, 1.165) is 51.1 Å². The van der Waals surface area contributed by atoms with Gasteiger partial charge in [-0.3, -0.25) is 0 Å². The van der Waals surface area contributed by atoms with Crippen LogP contribution in [0.15, 0.2) is 0 Å². The second-order valence-corrected chi connectivity index (χ2v) is 7.28. The number of rotatable bonds is 4. The van der Waals surface area contributed by atoms with E-state index >= 15 is 0 Å². The minimum absolute atomic E-state index is 0.00162. The normalized spacial score (nSPS) is 10.3. The molecule has 138 valence electrons. The van der Waals surface area contributed by atoms with Crippen LogP contribution >= 0.6 is 34.9 Å². The zero-order chi connectivity index (χ0) is 19.6. The molecule has 0 saturated carbocycles. The van der Waals surface area contributed by atoms with Crippen molar-refractivity contribution in [2.45, 2.75) is 0 Å². The first-order valence-corrected chi connectivity index (χ1v) is 8.83. The summed E-state index contributed by atoms with van der Waals surface area (Å²) in [5.41, 5.74) is -0.441. The molecule has 0 atom stereocenters. The average molecular weight is 416 g/mol. The molecule has 0 fully saturated rings. The summed E-state index contributed by atoms with van der Waals surface area (Å²) in [5, 5.41) is -0.00162. The molecule has 26 heavy (non-hydrogen) atoms. The Labute approximate surface area is 160 Å². The van der Waals surface area contributed by atoms with Crippen molar-refractivity contribution < 1.29 is 38.1 Å². The van der Waals surface area contributed by atoms with Crippen molar-refractivity contribution in [3.8, 4) is 0 Å². The summed E-state index contributed by atoms with van der Waals surface area (Å²) in [6.45, 7) is 0. The highest BCUT2D eigenvalue weighted by atomic mass is 32.1. The van der Waals surface area contributed by atoms with Crippen LogP contribution in [-0.4, -0.2) is 52.3 Å². The van der Waals surface area contributed by atoms with E-state index in [1.165, 1.54) is 0 Å². The molecule has 0 spiro atoms. The van der Waals surface area contributed by atoms with Gasteiger partial charge in [-0.2, -0.15) is 0 Å². The van der Waals surface area contributed by atoms with Gasteiger partial charge in [0.15, 0.2) is 0 Å². The lowest BCUT2D eigenvalue weighted by molar-refractivity contribution is 0.0555. The fraction of sp³-hybridized carbons (Fsp3) is 0.267. The molecule has 2 aromatic heterocycles. The van der Waals surface area contributed by atoms with Gasteiger partial charge in [0.2, 0.25) is 0 Å². The number of carbonyl (C=O) groups is 4. The van der Waals surface area contributed by atoms with Crippen molar-refractivity contribution in [2.24, 2.45) is 0 Å². The average Bonchev–Trinajstić information content (AvgIpc) is 3.06. The van der Waals surface area contributed by atoms with Crippen molar-refractivity contribution >= 4 is 68.9 Å². The molecule has 0 bridgehead atoms. The van der Waals surface area contributed by atoms with E-state index in [1.807, 2.05) is 0 Å². The highest BCUT2D eigenvalue weighted by Crippen LogP contribution is 2.39. The summed E-state index contributed by atoms with van der Waals surface area (Å²) in [6, 6.07) is 0. The van der Waals surface area contributed by atoms with E-state index in [1.54, 1.807) is 0 Å². The fourth-order valence-electron chi connectivity index (χ4n) is 2.18. The van der Waals surface area contributed by atoms with Crippen molar-refractivity contribution in [3.05, 3.63) is 24.7 Å². The Balaban J connectivity index is 3.13. The van der Waals surface area contributed by atoms with Gasteiger partial charge in [0.05, 0.1) is 44.3 Å². The van der Waals surface area contributed by atoms with Crippen LogP contribution < -0.4 is 0 Å². The van der Waals surface area contributed by atoms with Crippen molar-refractivity contribution in [1.82, 2.24) is 0 Å². The van der Waals surface area contributed by atoms with E-state index in [4.69, 9.17) is 31.2 Å². The second kappa shape index (κ2) is 7.89. The third-order valence-corrected chi connectivity index (χ3v) is 6.15. The molecule has 11 heteroatoms. The van der Waals surface area contributed by atoms with Gasteiger partial charge in [0.1, 0.15) is 13.6 Å². The quantitative estimate of drug-likeness (QED) is 0.422. The topological polar surface area (TPSA) is 105 Å². The third kappa shape index (κ3) is 3.20. The Morgan fingerprint density at radius 3 is 1.46 bits per heavy atom. The number of fused-ring (bicyclic) bond motifs is 1. The molecule has 8 nitrogen and oxygen atoms in total. The lowest BCUT2D eigenvalue weighted by atomic mass is 10.1. The molecule has 0 radical (unpaired) electrons. The number of ether oxygens (including phenoxy) is 4. The molecule has 0 aliphatic carbocycles. The predicted octanol–water partition coefficient (Wildman–Crippen LogP) is 2.84. The molecule has 0 aromatic carbocycles. The smallest absolute Gasteiger partial charge is 0.349 e. The molecule has 0 saturated heterocycles. The van der Waals surface area contributed by atoms with Crippen molar-refractivity contribution in [2.75, 3.05) is 28.4 Å². The first kappa shape index (κ1) is 19.9. The number of carbonyl (C=O) groups excluding carboxylic acids is 4. The first-order chi connectivity index (χ1) is 12.3. The summed E-state index contributed by atoms with van der Waals surface area (Å²) in [5.74, 6) is -3.41. The number of hydrogen-bond acceptors (Lipinski definition) is 11. The van der Waals surface area contributed by atoms with E-state index in [-0.39, 0.29) is 30.1 Å². The Bertz CT molecular complexity index is 985. The summed E-state index contributed by atoms with van der Waals surface area (Å²) in [7, 11) is 4.52. The zero-order valence-electron chi connectivity index (χ0n) is 14.0. The van der Waals surface area contributed by atoms with Crippen LogP contribution in [0.3, 0.4) is 0 Å². The molecule has 2 rings (SSSR count). The van der Waals surface area contributed by atoms with Crippen LogP contribution in [0, 0.1) is 3.82 Å². The largest absolute Gasteiger partial charge is 0.465 e. The monoisotopic (exact) mass is 416 g/mol. The molecular formula is C15H12O8S3. The third-order valence-electron chi connectivity index (χ3n) is 3.29. The van der Waals surface area contributed by atoms with Gasteiger partial charge in [-0.05, 0) is 0 Å². The number of hydrogen-bond donors (Lipinski definition) is 0. The van der Waals surface area contributed by atoms with Gasteiger partial charge < -0.3 is 18.9 Å². The minimum Gasteiger partial charge on any atom is -0.465 e. The maximum atomic E-state index is 12.4. The van der Waals surface area contributed by atoms with E-state index < -0.39 is 23.9 Å². The van der Waals surface area contributed by atoms with Crippen LogP contribution in [0.2, 0.25) is 0 Å². The van der Waals surface area contributed by atoms with Gasteiger partial charge >= 0.3 is 23.9 Å². The molecule has 0 unspecified atom stereocenters. The first-order valence-electron chi connectivity index (χ1n) is 6.79. The fourth-order valence-corrected chi connectivity index (χ4v) is 4.79. The van der Waals surface area contributed by atoms with Gasteiger partial charge in [-0.25, -0.2) is 19.2 Å². The van der Waals surface area contributed by atoms with E-state index in [0.29, 0.717) is 4.70 Å². The minimum atomic E-state index is -0.888. The Morgan fingerprint density at radius 2 is 1.08 bits per heavy atom. The molecule has 2 aromatic rings. The van der Waals surface area contributed by atoms with Crippen LogP contribution in [0.25, 0.3) is 10.1 Å². The van der Waals surface area contributed by atoms with Crippen LogP contribution in [0.1, 0.15) is 40.1 Å². The van der Waals surface area contributed by atoms with Crippen LogP contribution in [0.5, 0.6) is 0 Å². The van der Waals surface area contributed by atoms with Crippen molar-refractivity contribution in [1.29, 1.82) is 0 Å². The highest BCUT2D eigenvalue weighted by Gasteiger charge is 2.33. The molecule has 0 amide bonds. The highest BCUT2D eigenvalue weighted by molar-refractivity contribution is 7.74. The molecule has 0 aliphatic rings. The molecule has 0 aliphatic heterocycles. The predicted molar refractivity (Wildman–Crippen MR) is 95.9 cm³/mol. The van der Waals surface area contributed by atoms with Crippen molar-refractivity contribution in [3.63, 3.8) is 0 Å². The Kier molecular flexibility index (Phi) is 6.05. The SMILES string of the molecule is COC(=O)c1sc(=S)c2sc(C(=O)OC)c(C(=O)OC)c2c1C(=O)OC.